The molecule has 1 saturated carbocycles. The second kappa shape index (κ2) is 6.68. The van der Waals surface area contributed by atoms with Gasteiger partial charge in [-0.2, -0.15) is 0 Å². The third-order valence-corrected chi connectivity index (χ3v) is 3.79. The predicted molar refractivity (Wildman–Crippen MR) is 74.5 cm³/mol. The number of rotatable bonds is 5. The standard InChI is InChI=1S/C15H22N2O2/c16-13(9-11-5-2-1-3-6-11)15(19)17-10-12-7-4-8-14(12)18/h1-3,5-6,12-14,18H,4,7-10,16H2,(H,17,19). The molecule has 1 aromatic rings. The lowest BCUT2D eigenvalue weighted by Crippen LogP contribution is -2.44. The van der Waals surface area contributed by atoms with Crippen LogP contribution in [0.15, 0.2) is 30.3 Å². The molecule has 3 unspecified atom stereocenters. The van der Waals surface area contributed by atoms with Gasteiger partial charge in [-0.05, 0) is 24.8 Å². The fraction of sp³-hybridized carbons (Fsp3) is 0.533. The molecular weight excluding hydrogens is 240 g/mol. The van der Waals surface area contributed by atoms with Crippen molar-refractivity contribution in [2.45, 2.75) is 37.8 Å². The van der Waals surface area contributed by atoms with Crippen molar-refractivity contribution in [3.8, 4) is 0 Å². The van der Waals surface area contributed by atoms with Crippen LogP contribution >= 0.6 is 0 Å². The zero-order valence-corrected chi connectivity index (χ0v) is 11.1. The number of hydrogen-bond acceptors (Lipinski definition) is 3. The topological polar surface area (TPSA) is 75.4 Å². The minimum Gasteiger partial charge on any atom is -0.393 e. The summed E-state index contributed by atoms with van der Waals surface area (Å²) in [5, 5.41) is 12.5. The van der Waals surface area contributed by atoms with Crippen molar-refractivity contribution < 1.29 is 9.90 Å². The molecule has 1 aliphatic rings. The molecule has 0 radical (unpaired) electrons. The third kappa shape index (κ3) is 4.04. The van der Waals surface area contributed by atoms with Gasteiger partial charge >= 0.3 is 0 Å². The Morgan fingerprint density at radius 3 is 2.74 bits per heavy atom. The van der Waals surface area contributed by atoms with Crippen molar-refractivity contribution in [3.05, 3.63) is 35.9 Å². The second-order valence-electron chi connectivity index (χ2n) is 5.30. The first kappa shape index (κ1) is 14.0. The zero-order valence-electron chi connectivity index (χ0n) is 11.1. The van der Waals surface area contributed by atoms with Crippen molar-refractivity contribution >= 4 is 5.91 Å². The molecule has 19 heavy (non-hydrogen) atoms. The summed E-state index contributed by atoms with van der Waals surface area (Å²) in [4.78, 5) is 11.9. The van der Waals surface area contributed by atoms with Crippen LogP contribution in [0.2, 0.25) is 0 Å². The molecule has 0 spiro atoms. The highest BCUT2D eigenvalue weighted by molar-refractivity contribution is 5.81. The van der Waals surface area contributed by atoms with E-state index in [4.69, 9.17) is 5.73 Å². The normalized spacial score (nSPS) is 24.1. The van der Waals surface area contributed by atoms with E-state index in [9.17, 15) is 9.90 Å². The molecule has 0 bridgehead atoms. The summed E-state index contributed by atoms with van der Waals surface area (Å²) < 4.78 is 0. The second-order valence-corrected chi connectivity index (χ2v) is 5.30. The number of nitrogens with two attached hydrogens (primary N) is 1. The molecule has 4 N–H and O–H groups in total. The number of hydrogen-bond donors (Lipinski definition) is 3. The number of aliphatic hydroxyl groups excluding tert-OH is 1. The van der Waals surface area contributed by atoms with Gasteiger partial charge in [-0.25, -0.2) is 0 Å². The molecule has 1 fully saturated rings. The van der Waals surface area contributed by atoms with Gasteiger partial charge in [-0.1, -0.05) is 36.8 Å². The van der Waals surface area contributed by atoms with E-state index in [1.807, 2.05) is 30.3 Å². The van der Waals surface area contributed by atoms with Crippen LogP contribution in [0.3, 0.4) is 0 Å². The molecule has 4 nitrogen and oxygen atoms in total. The molecule has 0 aliphatic heterocycles. The fourth-order valence-corrected chi connectivity index (χ4v) is 2.58. The molecule has 4 heteroatoms. The lowest BCUT2D eigenvalue weighted by Gasteiger charge is -2.17. The molecular formula is C15H22N2O2. The van der Waals surface area contributed by atoms with Gasteiger partial charge in [0.15, 0.2) is 0 Å². The van der Waals surface area contributed by atoms with E-state index in [0.717, 1.165) is 24.8 Å². The Labute approximate surface area is 114 Å². The fourth-order valence-electron chi connectivity index (χ4n) is 2.58. The summed E-state index contributed by atoms with van der Waals surface area (Å²) in [6, 6.07) is 9.23. The SMILES string of the molecule is NC(Cc1ccccc1)C(=O)NCC1CCCC1O. The van der Waals surface area contributed by atoms with E-state index < -0.39 is 6.04 Å². The molecule has 2 rings (SSSR count). The highest BCUT2D eigenvalue weighted by atomic mass is 16.3. The summed E-state index contributed by atoms with van der Waals surface area (Å²) in [6.07, 6.45) is 3.13. The van der Waals surface area contributed by atoms with Gasteiger partial charge in [0, 0.05) is 12.5 Å². The van der Waals surface area contributed by atoms with Crippen LogP contribution in [-0.4, -0.2) is 29.7 Å². The van der Waals surface area contributed by atoms with Gasteiger partial charge in [0.05, 0.1) is 12.1 Å². The number of carbonyl (C=O) groups excluding carboxylic acids is 1. The molecule has 104 valence electrons. The summed E-state index contributed by atoms with van der Waals surface area (Å²) >= 11 is 0. The van der Waals surface area contributed by atoms with Crippen LogP contribution in [-0.2, 0) is 11.2 Å². The van der Waals surface area contributed by atoms with Gasteiger partial charge in [-0.15, -0.1) is 0 Å². The average molecular weight is 262 g/mol. The Hall–Kier alpha value is -1.39. The first-order valence-electron chi connectivity index (χ1n) is 6.92. The Bertz CT molecular complexity index is 408. The summed E-state index contributed by atoms with van der Waals surface area (Å²) in [7, 11) is 0. The number of aliphatic hydroxyl groups is 1. The maximum atomic E-state index is 11.9. The molecule has 3 atom stereocenters. The van der Waals surface area contributed by atoms with Crippen molar-refractivity contribution in [2.75, 3.05) is 6.54 Å². The number of amides is 1. The zero-order chi connectivity index (χ0) is 13.7. The molecule has 1 aromatic carbocycles. The first-order chi connectivity index (χ1) is 9.16. The minimum absolute atomic E-state index is 0.136. The van der Waals surface area contributed by atoms with E-state index in [-0.39, 0.29) is 17.9 Å². The maximum absolute atomic E-state index is 11.9. The summed E-state index contributed by atoms with van der Waals surface area (Å²) in [5.41, 5.74) is 6.96. The van der Waals surface area contributed by atoms with E-state index in [1.54, 1.807) is 0 Å². The monoisotopic (exact) mass is 262 g/mol. The third-order valence-electron chi connectivity index (χ3n) is 3.79. The van der Waals surface area contributed by atoms with Crippen LogP contribution in [0.25, 0.3) is 0 Å². The van der Waals surface area contributed by atoms with Crippen molar-refractivity contribution in [2.24, 2.45) is 11.7 Å². The van der Waals surface area contributed by atoms with Crippen LogP contribution in [0, 0.1) is 5.92 Å². The van der Waals surface area contributed by atoms with Crippen molar-refractivity contribution in [1.29, 1.82) is 0 Å². The largest absolute Gasteiger partial charge is 0.393 e. The predicted octanol–water partition coefficient (Wildman–Crippen LogP) is 0.834. The van der Waals surface area contributed by atoms with Gasteiger partial charge in [0.2, 0.25) is 5.91 Å². The van der Waals surface area contributed by atoms with E-state index in [1.165, 1.54) is 0 Å². The van der Waals surface area contributed by atoms with Crippen LogP contribution in [0.1, 0.15) is 24.8 Å². The highest BCUT2D eigenvalue weighted by Gasteiger charge is 2.26. The van der Waals surface area contributed by atoms with E-state index in [0.29, 0.717) is 13.0 Å². The molecule has 0 saturated heterocycles. The molecule has 0 aromatic heterocycles. The van der Waals surface area contributed by atoms with Gasteiger partial charge < -0.3 is 16.2 Å². The van der Waals surface area contributed by atoms with Crippen molar-refractivity contribution in [1.82, 2.24) is 5.32 Å². The number of nitrogens with one attached hydrogen (secondary N) is 1. The van der Waals surface area contributed by atoms with E-state index >= 15 is 0 Å². The van der Waals surface area contributed by atoms with Gasteiger partial charge in [0.1, 0.15) is 0 Å². The number of carbonyl (C=O) groups is 1. The minimum atomic E-state index is -0.527. The van der Waals surface area contributed by atoms with Gasteiger partial charge in [0.25, 0.3) is 0 Å². The number of benzene rings is 1. The van der Waals surface area contributed by atoms with Gasteiger partial charge in [-0.3, -0.25) is 4.79 Å². The van der Waals surface area contributed by atoms with E-state index in [2.05, 4.69) is 5.32 Å². The van der Waals surface area contributed by atoms with Crippen LogP contribution in [0.5, 0.6) is 0 Å². The molecule has 0 heterocycles. The Kier molecular flexibility index (Phi) is 4.93. The molecule has 1 aliphatic carbocycles. The summed E-state index contributed by atoms with van der Waals surface area (Å²) in [5.74, 6) is 0.0517. The highest BCUT2D eigenvalue weighted by Crippen LogP contribution is 2.24. The maximum Gasteiger partial charge on any atom is 0.237 e. The Morgan fingerprint density at radius 2 is 2.11 bits per heavy atom. The Balaban J connectivity index is 1.76. The molecule has 1 amide bonds. The summed E-state index contributed by atoms with van der Waals surface area (Å²) in [6.45, 7) is 0.530. The quantitative estimate of drug-likeness (QED) is 0.736. The lowest BCUT2D eigenvalue weighted by molar-refractivity contribution is -0.122. The lowest BCUT2D eigenvalue weighted by atomic mass is 10.0. The average Bonchev–Trinajstić information content (AvgIpc) is 2.82. The Morgan fingerprint density at radius 1 is 1.37 bits per heavy atom. The van der Waals surface area contributed by atoms with Crippen molar-refractivity contribution in [3.63, 3.8) is 0 Å². The van der Waals surface area contributed by atoms with Crippen LogP contribution < -0.4 is 11.1 Å². The first-order valence-corrected chi connectivity index (χ1v) is 6.92. The smallest absolute Gasteiger partial charge is 0.237 e. The van der Waals surface area contributed by atoms with Crippen LogP contribution in [0.4, 0.5) is 0 Å².